The zero-order valence-corrected chi connectivity index (χ0v) is 22.8. The van der Waals surface area contributed by atoms with Crippen molar-refractivity contribution in [3.05, 3.63) is 64.7 Å². The fourth-order valence-electron chi connectivity index (χ4n) is 4.70. The van der Waals surface area contributed by atoms with Crippen LogP contribution in [0.2, 0.25) is 5.02 Å². The first-order valence-corrected chi connectivity index (χ1v) is 13.7. The molecule has 0 bridgehead atoms. The Bertz CT molecular complexity index is 1140. The Morgan fingerprint density at radius 3 is 2.50 bits per heavy atom. The number of carbonyl (C=O) groups is 3. The maximum absolute atomic E-state index is 13.4. The summed E-state index contributed by atoms with van der Waals surface area (Å²) in [6.07, 6.45) is 3.64. The van der Waals surface area contributed by atoms with Crippen LogP contribution in [-0.4, -0.2) is 67.5 Å². The highest BCUT2D eigenvalue weighted by Crippen LogP contribution is 2.33. The fourth-order valence-corrected chi connectivity index (χ4v) is 4.91. The van der Waals surface area contributed by atoms with Crippen molar-refractivity contribution in [1.29, 1.82) is 0 Å². The second-order valence-electron chi connectivity index (χ2n) is 10.1. The molecule has 0 radical (unpaired) electrons. The normalized spacial score (nSPS) is 24.3. The first-order valence-electron chi connectivity index (χ1n) is 13.4. The maximum atomic E-state index is 13.4. The summed E-state index contributed by atoms with van der Waals surface area (Å²) >= 11 is 6.36. The molecule has 3 atom stereocenters. The molecule has 8 nitrogen and oxygen atoms in total. The van der Waals surface area contributed by atoms with E-state index in [2.05, 4.69) is 16.0 Å². The number of halogens is 1. The molecule has 1 aliphatic heterocycles. The van der Waals surface area contributed by atoms with Crippen molar-refractivity contribution in [3.63, 3.8) is 0 Å². The number of hydrogen-bond acceptors (Lipinski definition) is 5. The van der Waals surface area contributed by atoms with Gasteiger partial charge < -0.3 is 25.6 Å². The predicted molar refractivity (Wildman–Crippen MR) is 147 cm³/mol. The molecular weight excluding hydrogens is 504 g/mol. The van der Waals surface area contributed by atoms with Crippen LogP contribution in [0.1, 0.15) is 37.3 Å². The summed E-state index contributed by atoms with van der Waals surface area (Å²) in [6.45, 7) is 3.07. The molecule has 0 unspecified atom stereocenters. The standard InChI is InChI=1S/C29H37ClN4O4/c1-19-27(35)33-24(18-22-9-3-5-11-23(22)30)28(36)32-15-7-10-20-8-4-6-12-25(20)38-17-16-31-26(21-13-14-21)29(37)34(19)2/h3-6,8-9,11-12,19,21,24,26,31H,7,10,13-18H2,1-2H3,(H,32,36)(H,33,35)/t19-,24-,26+/m1/s1. The molecule has 2 aliphatic rings. The minimum atomic E-state index is -0.833. The van der Waals surface area contributed by atoms with E-state index in [0.29, 0.717) is 31.1 Å². The van der Waals surface area contributed by atoms with Crippen molar-refractivity contribution in [1.82, 2.24) is 20.9 Å². The van der Waals surface area contributed by atoms with E-state index >= 15 is 0 Å². The Balaban J connectivity index is 1.55. The van der Waals surface area contributed by atoms with E-state index in [9.17, 15) is 14.4 Å². The molecule has 1 fully saturated rings. The van der Waals surface area contributed by atoms with Crippen LogP contribution in [0, 0.1) is 5.92 Å². The number of para-hydroxylation sites is 1. The van der Waals surface area contributed by atoms with Crippen LogP contribution < -0.4 is 20.7 Å². The van der Waals surface area contributed by atoms with Gasteiger partial charge in [0.05, 0.1) is 6.04 Å². The van der Waals surface area contributed by atoms with Crippen LogP contribution in [-0.2, 0) is 27.2 Å². The molecule has 4 rings (SSSR count). The first-order chi connectivity index (χ1) is 18.3. The molecule has 9 heteroatoms. The highest BCUT2D eigenvalue weighted by Gasteiger charge is 2.39. The van der Waals surface area contributed by atoms with Gasteiger partial charge in [-0.1, -0.05) is 48.0 Å². The van der Waals surface area contributed by atoms with E-state index in [1.54, 1.807) is 20.0 Å². The predicted octanol–water partition coefficient (Wildman–Crippen LogP) is 2.72. The average molecular weight is 541 g/mol. The lowest BCUT2D eigenvalue weighted by atomic mass is 10.0. The van der Waals surface area contributed by atoms with Crippen LogP contribution in [0.25, 0.3) is 0 Å². The second-order valence-corrected chi connectivity index (χ2v) is 10.5. The molecule has 1 aliphatic carbocycles. The summed E-state index contributed by atoms with van der Waals surface area (Å²) in [5, 5.41) is 9.74. The quantitative estimate of drug-likeness (QED) is 0.556. The Morgan fingerprint density at radius 1 is 1.00 bits per heavy atom. The summed E-state index contributed by atoms with van der Waals surface area (Å²) in [5.74, 6) is 0.245. The van der Waals surface area contributed by atoms with Gasteiger partial charge in [0.1, 0.15) is 24.4 Å². The Kier molecular flexibility index (Phi) is 9.63. The van der Waals surface area contributed by atoms with Crippen molar-refractivity contribution in [2.24, 2.45) is 5.92 Å². The Hall–Kier alpha value is -3.10. The lowest BCUT2D eigenvalue weighted by molar-refractivity contribution is -0.141. The van der Waals surface area contributed by atoms with E-state index in [1.807, 2.05) is 42.5 Å². The molecule has 3 N–H and O–H groups in total. The van der Waals surface area contributed by atoms with Gasteiger partial charge in [0.15, 0.2) is 0 Å². The van der Waals surface area contributed by atoms with Gasteiger partial charge in [-0.25, -0.2) is 0 Å². The Labute approximate surface area is 229 Å². The average Bonchev–Trinajstić information content (AvgIpc) is 3.76. The number of nitrogens with zero attached hydrogens (tertiary/aromatic N) is 1. The molecular formula is C29H37ClN4O4. The number of ether oxygens (including phenoxy) is 1. The highest BCUT2D eigenvalue weighted by molar-refractivity contribution is 6.31. The van der Waals surface area contributed by atoms with E-state index < -0.39 is 12.1 Å². The first kappa shape index (κ1) is 27.9. The van der Waals surface area contributed by atoms with Gasteiger partial charge >= 0.3 is 0 Å². The molecule has 2 aromatic rings. The summed E-state index contributed by atoms with van der Waals surface area (Å²) in [5.41, 5.74) is 1.82. The third-order valence-electron chi connectivity index (χ3n) is 7.30. The molecule has 1 saturated carbocycles. The van der Waals surface area contributed by atoms with Crippen LogP contribution in [0.3, 0.4) is 0 Å². The zero-order valence-electron chi connectivity index (χ0n) is 22.0. The second kappa shape index (κ2) is 13.1. The highest BCUT2D eigenvalue weighted by atomic mass is 35.5. The molecule has 38 heavy (non-hydrogen) atoms. The molecule has 204 valence electrons. The zero-order chi connectivity index (χ0) is 27.1. The number of hydrogen-bond donors (Lipinski definition) is 3. The number of rotatable bonds is 3. The van der Waals surface area contributed by atoms with Crippen LogP contribution in [0.4, 0.5) is 0 Å². The third kappa shape index (κ3) is 7.26. The smallest absolute Gasteiger partial charge is 0.243 e. The van der Waals surface area contributed by atoms with Crippen molar-refractivity contribution < 1.29 is 19.1 Å². The van der Waals surface area contributed by atoms with Gasteiger partial charge in [0.25, 0.3) is 0 Å². The van der Waals surface area contributed by atoms with Gasteiger partial charge in [-0.2, -0.15) is 0 Å². The van der Waals surface area contributed by atoms with E-state index in [0.717, 1.165) is 36.1 Å². The third-order valence-corrected chi connectivity index (χ3v) is 7.67. The minimum Gasteiger partial charge on any atom is -0.492 e. The number of carbonyl (C=O) groups excluding carboxylic acids is 3. The van der Waals surface area contributed by atoms with Gasteiger partial charge in [-0.3, -0.25) is 14.4 Å². The molecule has 0 saturated heterocycles. The Morgan fingerprint density at radius 2 is 1.74 bits per heavy atom. The van der Waals surface area contributed by atoms with Crippen molar-refractivity contribution in [3.8, 4) is 5.75 Å². The van der Waals surface area contributed by atoms with Crippen LogP contribution in [0.5, 0.6) is 5.75 Å². The number of fused-ring (bicyclic) bond motifs is 1. The van der Waals surface area contributed by atoms with E-state index in [4.69, 9.17) is 16.3 Å². The van der Waals surface area contributed by atoms with Crippen LogP contribution in [0.15, 0.2) is 48.5 Å². The van der Waals surface area contributed by atoms with Crippen LogP contribution >= 0.6 is 11.6 Å². The monoisotopic (exact) mass is 540 g/mol. The largest absolute Gasteiger partial charge is 0.492 e. The minimum absolute atomic E-state index is 0.135. The van der Waals surface area contributed by atoms with Gasteiger partial charge in [0, 0.05) is 31.6 Å². The topological polar surface area (TPSA) is 99.8 Å². The summed E-state index contributed by atoms with van der Waals surface area (Å²) < 4.78 is 6.05. The van der Waals surface area contributed by atoms with E-state index in [-0.39, 0.29) is 36.1 Å². The number of benzene rings is 2. The number of likely N-dealkylation sites (N-methyl/N-ethyl adjacent to an activating group) is 1. The summed E-state index contributed by atoms with van der Waals surface area (Å²) in [4.78, 5) is 41.4. The van der Waals surface area contributed by atoms with Crippen molar-refractivity contribution >= 4 is 29.3 Å². The van der Waals surface area contributed by atoms with E-state index in [1.165, 1.54) is 4.90 Å². The lowest BCUT2D eigenvalue weighted by Crippen LogP contribution is -2.56. The fraction of sp³-hybridized carbons (Fsp3) is 0.483. The van der Waals surface area contributed by atoms with Gasteiger partial charge in [0.2, 0.25) is 17.7 Å². The maximum Gasteiger partial charge on any atom is 0.243 e. The SMILES string of the molecule is C[C@@H]1C(=O)N[C@H](Cc2ccccc2Cl)C(=O)NCCCc2ccccc2OCCN[C@@H](C2CC2)C(=O)N1C. The summed E-state index contributed by atoms with van der Waals surface area (Å²) in [6, 6.07) is 13.2. The molecule has 1 heterocycles. The molecule has 2 aromatic carbocycles. The number of nitrogens with one attached hydrogen (secondary N) is 3. The molecule has 0 spiro atoms. The van der Waals surface area contributed by atoms with Gasteiger partial charge in [-0.05, 0) is 61.8 Å². The van der Waals surface area contributed by atoms with Gasteiger partial charge in [-0.15, -0.1) is 0 Å². The van der Waals surface area contributed by atoms with Crippen molar-refractivity contribution in [2.75, 3.05) is 26.7 Å². The van der Waals surface area contributed by atoms with Crippen molar-refractivity contribution in [2.45, 2.75) is 57.2 Å². The number of amides is 3. The molecule has 0 aromatic heterocycles. The molecule has 3 amide bonds. The lowest BCUT2D eigenvalue weighted by Gasteiger charge is -2.30. The number of aryl methyl sites for hydroxylation is 1. The summed E-state index contributed by atoms with van der Waals surface area (Å²) in [7, 11) is 1.64.